The molecule has 5 heteroatoms. The lowest BCUT2D eigenvalue weighted by atomic mass is 10.4. The maximum atomic E-state index is 11.0. The zero-order valence-electron chi connectivity index (χ0n) is 7.95. The van der Waals surface area contributed by atoms with E-state index < -0.39 is 24.3 Å². The van der Waals surface area contributed by atoms with Gasteiger partial charge in [0.25, 0.3) is 0 Å². The Bertz CT molecular complexity index is 254. The first-order chi connectivity index (χ1) is 6.63. The second kappa shape index (κ2) is 4.74. The Balaban J connectivity index is 2.20. The molecule has 0 aromatic heterocycles. The molecule has 1 saturated carbocycles. The molecule has 0 heterocycles. The Morgan fingerprint density at radius 3 is 2.36 bits per heavy atom. The van der Waals surface area contributed by atoms with Crippen LogP contribution in [0.25, 0.3) is 0 Å². The highest BCUT2D eigenvalue weighted by atomic mass is 16.6. The molecular formula is C9H12O5. The van der Waals surface area contributed by atoms with Gasteiger partial charge in [-0.3, -0.25) is 14.4 Å². The summed E-state index contributed by atoms with van der Waals surface area (Å²) in [4.78, 5) is 32.7. The van der Waals surface area contributed by atoms with Crippen molar-refractivity contribution in [3.8, 4) is 0 Å². The van der Waals surface area contributed by atoms with Crippen molar-refractivity contribution < 1.29 is 23.9 Å². The third kappa shape index (κ3) is 3.55. The van der Waals surface area contributed by atoms with E-state index >= 15 is 0 Å². The molecule has 0 spiro atoms. The van der Waals surface area contributed by atoms with Crippen LogP contribution in [0.4, 0.5) is 0 Å². The van der Waals surface area contributed by atoms with Gasteiger partial charge in [0.05, 0.1) is 12.5 Å². The second-order valence-corrected chi connectivity index (χ2v) is 3.05. The van der Waals surface area contributed by atoms with Gasteiger partial charge >= 0.3 is 17.9 Å². The number of carbonyl (C=O) groups is 3. The zero-order chi connectivity index (χ0) is 10.6. The van der Waals surface area contributed by atoms with Crippen LogP contribution < -0.4 is 0 Å². The Hall–Kier alpha value is -1.39. The molecule has 0 saturated heterocycles. The summed E-state index contributed by atoms with van der Waals surface area (Å²) < 4.78 is 8.93. The van der Waals surface area contributed by atoms with E-state index in [-0.39, 0.29) is 12.5 Å². The molecule has 0 radical (unpaired) electrons. The lowest BCUT2D eigenvalue weighted by molar-refractivity contribution is -0.163. The third-order valence-corrected chi connectivity index (χ3v) is 1.72. The molecule has 0 unspecified atom stereocenters. The largest absolute Gasteiger partial charge is 0.466 e. The van der Waals surface area contributed by atoms with Crippen LogP contribution >= 0.6 is 0 Å². The fourth-order valence-corrected chi connectivity index (χ4v) is 0.881. The Morgan fingerprint density at radius 1 is 1.21 bits per heavy atom. The molecular weight excluding hydrogens is 188 g/mol. The normalized spacial score (nSPS) is 14.6. The molecule has 0 aliphatic heterocycles. The summed E-state index contributed by atoms with van der Waals surface area (Å²) in [5.41, 5.74) is 0. The van der Waals surface area contributed by atoms with Gasteiger partial charge in [0.2, 0.25) is 0 Å². The minimum Gasteiger partial charge on any atom is -0.466 e. The molecule has 1 rings (SSSR count). The highest BCUT2D eigenvalue weighted by molar-refractivity contribution is 5.96. The SMILES string of the molecule is CCOC(=O)CC(=O)OC(=O)C1CC1. The van der Waals surface area contributed by atoms with Crippen molar-refractivity contribution in [3.05, 3.63) is 0 Å². The fourth-order valence-electron chi connectivity index (χ4n) is 0.881. The number of ether oxygens (including phenoxy) is 2. The second-order valence-electron chi connectivity index (χ2n) is 3.05. The van der Waals surface area contributed by atoms with E-state index in [0.717, 1.165) is 12.8 Å². The highest BCUT2D eigenvalue weighted by Gasteiger charge is 2.33. The summed E-state index contributed by atoms with van der Waals surface area (Å²) in [6, 6.07) is 0. The Kier molecular flexibility index (Phi) is 3.62. The Morgan fingerprint density at radius 2 is 1.86 bits per heavy atom. The maximum Gasteiger partial charge on any atom is 0.324 e. The average Bonchev–Trinajstić information content (AvgIpc) is 2.85. The van der Waals surface area contributed by atoms with Crippen molar-refractivity contribution >= 4 is 17.9 Å². The van der Waals surface area contributed by atoms with Crippen molar-refractivity contribution in [2.75, 3.05) is 6.61 Å². The first kappa shape index (κ1) is 10.7. The number of rotatable bonds is 4. The summed E-state index contributed by atoms with van der Waals surface area (Å²) in [5, 5.41) is 0. The average molecular weight is 200 g/mol. The topological polar surface area (TPSA) is 69.7 Å². The van der Waals surface area contributed by atoms with Gasteiger partial charge in [0.15, 0.2) is 0 Å². The molecule has 0 N–H and O–H groups in total. The van der Waals surface area contributed by atoms with E-state index in [4.69, 9.17) is 0 Å². The van der Waals surface area contributed by atoms with Crippen molar-refractivity contribution in [2.45, 2.75) is 26.2 Å². The van der Waals surface area contributed by atoms with Crippen molar-refractivity contribution in [2.24, 2.45) is 5.92 Å². The lowest BCUT2D eigenvalue weighted by Crippen LogP contribution is -2.18. The first-order valence-corrected chi connectivity index (χ1v) is 4.53. The molecule has 0 bridgehead atoms. The van der Waals surface area contributed by atoms with E-state index in [2.05, 4.69) is 9.47 Å². The Labute approximate surface area is 81.4 Å². The van der Waals surface area contributed by atoms with Gasteiger partial charge < -0.3 is 9.47 Å². The zero-order valence-corrected chi connectivity index (χ0v) is 7.95. The molecule has 0 aromatic rings. The van der Waals surface area contributed by atoms with Gasteiger partial charge in [0, 0.05) is 0 Å². The molecule has 0 atom stereocenters. The summed E-state index contributed by atoms with van der Waals surface area (Å²) in [6.07, 6.45) is 1.04. The monoisotopic (exact) mass is 200 g/mol. The summed E-state index contributed by atoms with van der Waals surface area (Å²) >= 11 is 0. The highest BCUT2D eigenvalue weighted by Crippen LogP contribution is 2.30. The van der Waals surface area contributed by atoms with Gasteiger partial charge in [-0.2, -0.15) is 0 Å². The fraction of sp³-hybridized carbons (Fsp3) is 0.667. The molecule has 14 heavy (non-hydrogen) atoms. The molecule has 1 fully saturated rings. The molecule has 1 aliphatic rings. The quantitative estimate of drug-likeness (QED) is 0.486. The molecule has 0 aromatic carbocycles. The minimum absolute atomic E-state index is 0.138. The van der Waals surface area contributed by atoms with E-state index in [1.54, 1.807) is 6.92 Å². The molecule has 0 amide bonds. The van der Waals surface area contributed by atoms with Crippen molar-refractivity contribution in [1.82, 2.24) is 0 Å². The van der Waals surface area contributed by atoms with Crippen LogP contribution in [0.15, 0.2) is 0 Å². The maximum absolute atomic E-state index is 11.0. The lowest BCUT2D eigenvalue weighted by Gasteiger charge is -2.01. The van der Waals surface area contributed by atoms with Gasteiger partial charge in [-0.25, -0.2) is 0 Å². The number of hydrogen-bond donors (Lipinski definition) is 0. The molecule has 5 nitrogen and oxygen atoms in total. The van der Waals surface area contributed by atoms with Crippen molar-refractivity contribution in [3.63, 3.8) is 0 Å². The standard InChI is InChI=1S/C9H12O5/c1-2-13-7(10)5-8(11)14-9(12)6-3-4-6/h6H,2-5H2,1H3. The van der Waals surface area contributed by atoms with Gasteiger partial charge in [-0.15, -0.1) is 0 Å². The van der Waals surface area contributed by atoms with Crippen molar-refractivity contribution in [1.29, 1.82) is 0 Å². The third-order valence-electron chi connectivity index (χ3n) is 1.72. The number of esters is 3. The predicted molar refractivity (Wildman–Crippen MR) is 45.1 cm³/mol. The summed E-state index contributed by atoms with van der Waals surface area (Å²) in [5.74, 6) is -2.16. The van der Waals surface area contributed by atoms with Crippen LogP contribution in [-0.4, -0.2) is 24.5 Å². The van der Waals surface area contributed by atoms with E-state index in [1.807, 2.05) is 0 Å². The van der Waals surface area contributed by atoms with Crippen LogP contribution in [0.1, 0.15) is 26.2 Å². The van der Waals surface area contributed by atoms with E-state index in [9.17, 15) is 14.4 Å². The van der Waals surface area contributed by atoms with Gasteiger partial charge in [-0.1, -0.05) is 0 Å². The number of carbonyl (C=O) groups excluding carboxylic acids is 3. The van der Waals surface area contributed by atoms with E-state index in [0.29, 0.717) is 0 Å². The van der Waals surface area contributed by atoms with Crippen LogP contribution in [0, 0.1) is 5.92 Å². The smallest absolute Gasteiger partial charge is 0.324 e. The predicted octanol–water partition coefficient (Wildman–Crippen LogP) is 0.419. The van der Waals surface area contributed by atoms with Crippen LogP contribution in [0.5, 0.6) is 0 Å². The number of hydrogen-bond acceptors (Lipinski definition) is 5. The van der Waals surface area contributed by atoms with Crippen LogP contribution in [-0.2, 0) is 23.9 Å². The van der Waals surface area contributed by atoms with E-state index in [1.165, 1.54) is 0 Å². The van der Waals surface area contributed by atoms with Crippen LogP contribution in [0.2, 0.25) is 0 Å². The van der Waals surface area contributed by atoms with Gasteiger partial charge in [0.1, 0.15) is 6.42 Å². The summed E-state index contributed by atoms with van der Waals surface area (Å²) in [7, 11) is 0. The summed E-state index contributed by atoms with van der Waals surface area (Å²) in [6.45, 7) is 1.85. The molecule has 1 aliphatic carbocycles. The minimum atomic E-state index is -0.833. The van der Waals surface area contributed by atoms with Gasteiger partial charge in [-0.05, 0) is 19.8 Å². The molecule has 78 valence electrons. The van der Waals surface area contributed by atoms with Crippen LogP contribution in [0.3, 0.4) is 0 Å². The first-order valence-electron chi connectivity index (χ1n) is 4.53.